The van der Waals surface area contributed by atoms with Crippen molar-refractivity contribution in [3.63, 3.8) is 0 Å². The highest BCUT2D eigenvalue weighted by Crippen LogP contribution is 2.14. The third-order valence-corrected chi connectivity index (χ3v) is 2.78. The lowest BCUT2D eigenvalue weighted by atomic mass is 10.2. The first kappa shape index (κ1) is 13.2. The van der Waals surface area contributed by atoms with Gasteiger partial charge in [0.25, 0.3) is 0 Å². The second kappa shape index (κ2) is 6.06. The molecule has 98 valence electrons. The Morgan fingerprint density at radius 1 is 1.16 bits per heavy atom. The largest absolute Gasteiger partial charge is 0.322 e. The standard InChI is InChI=1S/C14H16N4O/c1-10(15-2)14(19)18-12-8-16-13(17-9-12)11-6-4-3-5-7-11/h3-10,15H,1-2H3,(H,18,19). The molecule has 0 bridgehead atoms. The molecule has 2 N–H and O–H groups in total. The van der Waals surface area contributed by atoms with Crippen LogP contribution in [0.25, 0.3) is 11.4 Å². The van der Waals surface area contributed by atoms with Crippen molar-refractivity contribution in [1.29, 1.82) is 0 Å². The third kappa shape index (κ3) is 3.35. The van der Waals surface area contributed by atoms with Crippen LogP contribution < -0.4 is 10.6 Å². The third-order valence-electron chi connectivity index (χ3n) is 2.78. The zero-order chi connectivity index (χ0) is 13.7. The normalized spacial score (nSPS) is 11.9. The number of hydrogen-bond donors (Lipinski definition) is 2. The molecular formula is C14H16N4O. The number of benzene rings is 1. The van der Waals surface area contributed by atoms with Crippen LogP contribution in [-0.4, -0.2) is 29.0 Å². The lowest BCUT2D eigenvalue weighted by Gasteiger charge is -2.10. The number of hydrogen-bond acceptors (Lipinski definition) is 4. The molecular weight excluding hydrogens is 240 g/mol. The van der Waals surface area contributed by atoms with Crippen LogP contribution in [0.15, 0.2) is 42.7 Å². The monoisotopic (exact) mass is 256 g/mol. The molecule has 2 aromatic rings. The Bertz CT molecular complexity index is 539. The highest BCUT2D eigenvalue weighted by Gasteiger charge is 2.10. The van der Waals surface area contributed by atoms with E-state index in [9.17, 15) is 4.79 Å². The van der Waals surface area contributed by atoms with E-state index in [-0.39, 0.29) is 11.9 Å². The fraction of sp³-hybridized carbons (Fsp3) is 0.214. The van der Waals surface area contributed by atoms with E-state index in [0.29, 0.717) is 11.5 Å². The average Bonchev–Trinajstić information content (AvgIpc) is 2.48. The van der Waals surface area contributed by atoms with E-state index in [1.807, 2.05) is 30.3 Å². The molecule has 1 amide bonds. The predicted molar refractivity (Wildman–Crippen MR) is 74.6 cm³/mol. The van der Waals surface area contributed by atoms with Crippen LogP contribution >= 0.6 is 0 Å². The fourth-order valence-corrected chi connectivity index (χ4v) is 1.51. The average molecular weight is 256 g/mol. The highest BCUT2D eigenvalue weighted by atomic mass is 16.2. The Labute approximate surface area is 112 Å². The van der Waals surface area contributed by atoms with Crippen molar-refractivity contribution in [1.82, 2.24) is 15.3 Å². The van der Waals surface area contributed by atoms with Gasteiger partial charge in [-0.1, -0.05) is 30.3 Å². The summed E-state index contributed by atoms with van der Waals surface area (Å²) in [6, 6.07) is 9.44. The van der Waals surface area contributed by atoms with Crippen LogP contribution in [0.3, 0.4) is 0 Å². The summed E-state index contributed by atoms with van der Waals surface area (Å²) in [6.07, 6.45) is 3.21. The number of likely N-dealkylation sites (N-methyl/N-ethyl adjacent to an activating group) is 1. The number of nitrogens with one attached hydrogen (secondary N) is 2. The number of carbonyl (C=O) groups is 1. The first-order valence-corrected chi connectivity index (χ1v) is 6.06. The molecule has 0 aliphatic rings. The molecule has 19 heavy (non-hydrogen) atoms. The first-order valence-electron chi connectivity index (χ1n) is 6.06. The van der Waals surface area contributed by atoms with Crippen LogP contribution in [0, 0.1) is 0 Å². The van der Waals surface area contributed by atoms with Crippen molar-refractivity contribution in [2.24, 2.45) is 0 Å². The maximum absolute atomic E-state index is 11.7. The summed E-state index contributed by atoms with van der Waals surface area (Å²) in [7, 11) is 1.74. The summed E-state index contributed by atoms with van der Waals surface area (Å²) in [5, 5.41) is 5.61. The van der Waals surface area contributed by atoms with E-state index in [1.54, 1.807) is 26.4 Å². The first-order chi connectivity index (χ1) is 9.20. The van der Waals surface area contributed by atoms with Crippen molar-refractivity contribution in [3.05, 3.63) is 42.7 Å². The van der Waals surface area contributed by atoms with E-state index >= 15 is 0 Å². The number of anilines is 1. The summed E-state index contributed by atoms with van der Waals surface area (Å²) < 4.78 is 0. The Kier molecular flexibility index (Phi) is 4.20. The van der Waals surface area contributed by atoms with Gasteiger partial charge in [0, 0.05) is 5.56 Å². The lowest BCUT2D eigenvalue weighted by Crippen LogP contribution is -2.35. The molecule has 0 spiro atoms. The summed E-state index contributed by atoms with van der Waals surface area (Å²) in [5.74, 6) is 0.527. The quantitative estimate of drug-likeness (QED) is 0.873. The number of carbonyl (C=O) groups excluding carboxylic acids is 1. The zero-order valence-corrected chi connectivity index (χ0v) is 10.9. The highest BCUT2D eigenvalue weighted by molar-refractivity contribution is 5.94. The smallest absolute Gasteiger partial charge is 0.241 e. The van der Waals surface area contributed by atoms with Crippen LogP contribution in [0.4, 0.5) is 5.69 Å². The molecule has 0 aliphatic carbocycles. The van der Waals surface area contributed by atoms with Crippen LogP contribution in [0.5, 0.6) is 0 Å². The van der Waals surface area contributed by atoms with Gasteiger partial charge in [0.2, 0.25) is 5.91 Å². The lowest BCUT2D eigenvalue weighted by molar-refractivity contribution is -0.117. The molecule has 0 fully saturated rings. The van der Waals surface area contributed by atoms with Gasteiger partial charge in [0.1, 0.15) is 0 Å². The minimum Gasteiger partial charge on any atom is -0.322 e. The molecule has 0 aliphatic heterocycles. The second-order valence-corrected chi connectivity index (χ2v) is 4.16. The number of rotatable bonds is 4. The van der Waals surface area contributed by atoms with E-state index in [2.05, 4.69) is 20.6 Å². The Hall–Kier alpha value is -2.27. The van der Waals surface area contributed by atoms with Gasteiger partial charge >= 0.3 is 0 Å². The van der Waals surface area contributed by atoms with Crippen molar-refractivity contribution in [2.45, 2.75) is 13.0 Å². The van der Waals surface area contributed by atoms with Crippen molar-refractivity contribution >= 4 is 11.6 Å². The zero-order valence-electron chi connectivity index (χ0n) is 10.9. The molecule has 1 atom stereocenters. The molecule has 5 nitrogen and oxygen atoms in total. The van der Waals surface area contributed by atoms with Gasteiger partial charge in [0.05, 0.1) is 24.1 Å². The van der Waals surface area contributed by atoms with E-state index in [4.69, 9.17) is 0 Å². The SMILES string of the molecule is CNC(C)C(=O)Nc1cnc(-c2ccccc2)nc1. The minimum atomic E-state index is -0.256. The molecule has 0 saturated carbocycles. The molecule has 1 aromatic carbocycles. The molecule has 1 aromatic heterocycles. The fourth-order valence-electron chi connectivity index (χ4n) is 1.51. The molecule has 5 heteroatoms. The molecule has 1 heterocycles. The van der Waals surface area contributed by atoms with E-state index in [1.165, 1.54) is 0 Å². The van der Waals surface area contributed by atoms with Gasteiger partial charge < -0.3 is 10.6 Å². The minimum absolute atomic E-state index is 0.112. The van der Waals surface area contributed by atoms with Gasteiger partial charge in [-0.2, -0.15) is 0 Å². The molecule has 0 saturated heterocycles. The predicted octanol–water partition coefficient (Wildman–Crippen LogP) is 1.69. The van der Waals surface area contributed by atoms with Gasteiger partial charge in [-0.15, -0.1) is 0 Å². The summed E-state index contributed by atoms with van der Waals surface area (Å²) in [6.45, 7) is 1.79. The Balaban J connectivity index is 2.09. The van der Waals surface area contributed by atoms with Crippen LogP contribution in [0.1, 0.15) is 6.92 Å². The number of nitrogens with zero attached hydrogens (tertiary/aromatic N) is 2. The number of amides is 1. The summed E-state index contributed by atoms with van der Waals surface area (Å²) in [4.78, 5) is 20.2. The maximum Gasteiger partial charge on any atom is 0.241 e. The molecule has 1 unspecified atom stereocenters. The summed E-state index contributed by atoms with van der Waals surface area (Å²) in [5.41, 5.74) is 1.54. The van der Waals surface area contributed by atoms with Gasteiger partial charge in [-0.3, -0.25) is 4.79 Å². The van der Waals surface area contributed by atoms with E-state index in [0.717, 1.165) is 5.56 Å². The topological polar surface area (TPSA) is 66.9 Å². The number of aromatic nitrogens is 2. The van der Waals surface area contributed by atoms with Gasteiger partial charge in [-0.05, 0) is 14.0 Å². The van der Waals surface area contributed by atoms with E-state index < -0.39 is 0 Å². The summed E-state index contributed by atoms with van der Waals surface area (Å²) >= 11 is 0. The van der Waals surface area contributed by atoms with Crippen molar-refractivity contribution < 1.29 is 4.79 Å². The molecule has 2 rings (SSSR count). The Morgan fingerprint density at radius 2 is 1.79 bits per heavy atom. The molecule has 0 radical (unpaired) electrons. The van der Waals surface area contributed by atoms with Gasteiger partial charge in [0.15, 0.2) is 5.82 Å². The second-order valence-electron chi connectivity index (χ2n) is 4.16. The Morgan fingerprint density at radius 3 is 2.37 bits per heavy atom. The van der Waals surface area contributed by atoms with Crippen molar-refractivity contribution in [2.75, 3.05) is 12.4 Å². The van der Waals surface area contributed by atoms with Crippen molar-refractivity contribution in [3.8, 4) is 11.4 Å². The van der Waals surface area contributed by atoms with Crippen LogP contribution in [0.2, 0.25) is 0 Å². The van der Waals surface area contributed by atoms with Gasteiger partial charge in [-0.25, -0.2) is 9.97 Å². The maximum atomic E-state index is 11.7. The van der Waals surface area contributed by atoms with Crippen LogP contribution in [-0.2, 0) is 4.79 Å².